The second kappa shape index (κ2) is 3.46. The van der Waals surface area contributed by atoms with Crippen molar-refractivity contribution in [2.45, 2.75) is 32.3 Å². The van der Waals surface area contributed by atoms with Crippen molar-refractivity contribution in [3.05, 3.63) is 0 Å². The van der Waals surface area contributed by atoms with Crippen LogP contribution in [0.15, 0.2) is 0 Å². The highest BCUT2D eigenvalue weighted by molar-refractivity contribution is 5.89. The molecule has 0 aliphatic carbocycles. The van der Waals surface area contributed by atoms with Crippen LogP contribution in [0.1, 0.15) is 26.7 Å². The molecule has 0 bridgehead atoms. The van der Waals surface area contributed by atoms with Crippen molar-refractivity contribution < 1.29 is 14.3 Å². The fourth-order valence-corrected chi connectivity index (χ4v) is 1.02. The summed E-state index contributed by atoms with van der Waals surface area (Å²) in [5.41, 5.74) is 4.51. The van der Waals surface area contributed by atoms with E-state index in [0.29, 0.717) is 19.4 Å². The van der Waals surface area contributed by atoms with Crippen molar-refractivity contribution in [1.82, 2.24) is 0 Å². The molecule has 1 aliphatic rings. The van der Waals surface area contributed by atoms with Gasteiger partial charge < -0.3 is 10.5 Å². The van der Waals surface area contributed by atoms with Gasteiger partial charge in [0.2, 0.25) is 5.91 Å². The Balaban J connectivity index is 2.26. The van der Waals surface area contributed by atoms with Gasteiger partial charge in [0.05, 0.1) is 6.61 Å². The summed E-state index contributed by atoms with van der Waals surface area (Å²) < 4.78 is 4.98. The van der Waals surface area contributed by atoms with Gasteiger partial charge in [-0.15, -0.1) is 0 Å². The van der Waals surface area contributed by atoms with E-state index in [1.165, 1.54) is 0 Å². The normalized spacial score (nSPS) is 28.2. The van der Waals surface area contributed by atoms with Crippen molar-refractivity contribution in [3.8, 4) is 0 Å². The van der Waals surface area contributed by atoms with E-state index in [2.05, 4.69) is 0 Å². The molecule has 2 N–H and O–H groups in total. The van der Waals surface area contributed by atoms with Crippen LogP contribution >= 0.6 is 0 Å². The molecule has 4 nitrogen and oxygen atoms in total. The summed E-state index contributed by atoms with van der Waals surface area (Å²) in [6, 6.07) is 0. The minimum absolute atomic E-state index is 0.0700. The Morgan fingerprint density at radius 3 is 2.54 bits per heavy atom. The molecule has 1 rings (SSSR count). The van der Waals surface area contributed by atoms with Crippen LogP contribution in [0.5, 0.6) is 0 Å². The first kappa shape index (κ1) is 10.2. The first-order valence-corrected chi connectivity index (χ1v) is 4.42. The number of epoxide rings is 1. The van der Waals surface area contributed by atoms with Crippen molar-refractivity contribution in [2.24, 2.45) is 11.7 Å². The zero-order valence-electron chi connectivity index (χ0n) is 8.00. The zero-order chi connectivity index (χ0) is 10.1. The number of carbonyl (C=O) groups excluding carboxylic acids is 2. The van der Waals surface area contributed by atoms with Gasteiger partial charge in [0, 0.05) is 12.3 Å². The molecule has 1 amide bonds. The molecule has 13 heavy (non-hydrogen) atoms. The largest absolute Gasteiger partial charge is 0.369 e. The average Bonchev–Trinajstić information content (AvgIpc) is 2.79. The number of nitrogens with two attached hydrogens (primary N) is 1. The number of carbonyl (C=O) groups is 2. The SMILES string of the molecule is C[C@@H](CCC(=O)[C@@]1(C)CO1)C(N)=O. The number of hydrogen-bond acceptors (Lipinski definition) is 3. The van der Waals surface area contributed by atoms with Crippen LogP contribution in [0.4, 0.5) is 0 Å². The van der Waals surface area contributed by atoms with Crippen LogP contribution < -0.4 is 5.73 Å². The average molecular weight is 185 g/mol. The van der Waals surface area contributed by atoms with Gasteiger partial charge in [-0.05, 0) is 13.3 Å². The lowest BCUT2D eigenvalue weighted by Gasteiger charge is -2.07. The molecular weight excluding hydrogens is 170 g/mol. The van der Waals surface area contributed by atoms with Gasteiger partial charge in [-0.3, -0.25) is 9.59 Å². The summed E-state index contributed by atoms with van der Waals surface area (Å²) in [5.74, 6) is -0.512. The van der Waals surface area contributed by atoms with Crippen molar-refractivity contribution in [3.63, 3.8) is 0 Å². The summed E-state index contributed by atoms with van der Waals surface area (Å²) in [7, 11) is 0. The lowest BCUT2D eigenvalue weighted by molar-refractivity contribution is -0.124. The molecule has 0 radical (unpaired) electrons. The Hall–Kier alpha value is -0.900. The van der Waals surface area contributed by atoms with E-state index in [0.717, 1.165) is 0 Å². The third-order valence-electron chi connectivity index (χ3n) is 2.46. The number of ketones is 1. The number of Topliss-reactive ketones (excluding diaryl/α,β-unsaturated/α-hetero) is 1. The monoisotopic (exact) mass is 185 g/mol. The van der Waals surface area contributed by atoms with Crippen LogP contribution in [-0.2, 0) is 14.3 Å². The van der Waals surface area contributed by atoms with Gasteiger partial charge in [-0.2, -0.15) is 0 Å². The number of rotatable bonds is 5. The lowest BCUT2D eigenvalue weighted by atomic mass is 9.97. The molecule has 0 unspecified atom stereocenters. The first-order chi connectivity index (χ1) is 5.96. The van der Waals surface area contributed by atoms with Crippen LogP contribution in [-0.4, -0.2) is 23.9 Å². The number of hydrogen-bond donors (Lipinski definition) is 1. The van der Waals surface area contributed by atoms with Crippen LogP contribution in [0, 0.1) is 5.92 Å². The maximum absolute atomic E-state index is 11.4. The maximum Gasteiger partial charge on any atom is 0.220 e. The van der Waals surface area contributed by atoms with E-state index in [1.807, 2.05) is 0 Å². The maximum atomic E-state index is 11.4. The lowest BCUT2D eigenvalue weighted by Crippen LogP contribution is -2.24. The molecule has 1 saturated heterocycles. The number of amides is 1. The Bertz CT molecular complexity index is 233. The summed E-state index contributed by atoms with van der Waals surface area (Å²) in [6.07, 6.45) is 0.897. The fourth-order valence-electron chi connectivity index (χ4n) is 1.02. The molecule has 2 atom stereocenters. The first-order valence-electron chi connectivity index (χ1n) is 4.42. The highest BCUT2D eigenvalue weighted by atomic mass is 16.6. The van der Waals surface area contributed by atoms with Gasteiger partial charge in [0.25, 0.3) is 0 Å². The number of primary amides is 1. The third-order valence-corrected chi connectivity index (χ3v) is 2.46. The standard InChI is InChI=1S/C9H15NO3/c1-6(8(10)12)3-4-7(11)9(2)5-13-9/h6H,3-5H2,1-2H3,(H2,10,12)/t6-,9+/m0/s1. The molecule has 1 heterocycles. The van der Waals surface area contributed by atoms with Crippen LogP contribution in [0.3, 0.4) is 0 Å². The molecule has 1 aliphatic heterocycles. The Kier molecular flexibility index (Phi) is 2.71. The van der Waals surface area contributed by atoms with E-state index in [4.69, 9.17) is 10.5 Å². The highest BCUT2D eigenvalue weighted by Crippen LogP contribution is 2.29. The molecule has 4 heteroatoms. The molecule has 0 saturated carbocycles. The van der Waals surface area contributed by atoms with Gasteiger partial charge in [0.15, 0.2) is 5.78 Å². The Morgan fingerprint density at radius 2 is 2.15 bits per heavy atom. The smallest absolute Gasteiger partial charge is 0.220 e. The third kappa shape index (κ3) is 2.52. The van der Waals surface area contributed by atoms with Crippen molar-refractivity contribution in [2.75, 3.05) is 6.61 Å². The molecular formula is C9H15NO3. The molecule has 1 fully saturated rings. The van der Waals surface area contributed by atoms with Gasteiger partial charge >= 0.3 is 0 Å². The van der Waals surface area contributed by atoms with Crippen LogP contribution in [0.2, 0.25) is 0 Å². The predicted octanol–water partition coefficient (Wildman–Crippen LogP) is 0.246. The topological polar surface area (TPSA) is 72.7 Å². The summed E-state index contributed by atoms with van der Waals surface area (Å²) >= 11 is 0. The zero-order valence-corrected chi connectivity index (χ0v) is 8.00. The minimum Gasteiger partial charge on any atom is -0.369 e. The molecule has 0 spiro atoms. The van der Waals surface area contributed by atoms with Gasteiger partial charge in [-0.1, -0.05) is 6.92 Å². The minimum atomic E-state index is -0.558. The second-order valence-electron chi connectivity index (χ2n) is 3.78. The quantitative estimate of drug-likeness (QED) is 0.624. The van der Waals surface area contributed by atoms with Crippen molar-refractivity contribution in [1.29, 1.82) is 0 Å². The fraction of sp³-hybridized carbons (Fsp3) is 0.778. The molecule has 74 valence electrons. The number of ether oxygens (including phenoxy) is 1. The molecule has 0 aromatic carbocycles. The summed E-state index contributed by atoms with van der Waals surface area (Å²) in [6.45, 7) is 4.01. The Morgan fingerprint density at radius 1 is 1.62 bits per heavy atom. The van der Waals surface area contributed by atoms with E-state index in [1.54, 1.807) is 13.8 Å². The Labute approximate surface area is 77.4 Å². The van der Waals surface area contributed by atoms with E-state index < -0.39 is 5.60 Å². The van der Waals surface area contributed by atoms with E-state index >= 15 is 0 Å². The predicted molar refractivity (Wildman–Crippen MR) is 47.0 cm³/mol. The summed E-state index contributed by atoms with van der Waals surface area (Å²) in [5, 5.41) is 0. The molecule has 0 aromatic heterocycles. The van der Waals surface area contributed by atoms with Gasteiger partial charge in [0.1, 0.15) is 5.60 Å². The van der Waals surface area contributed by atoms with E-state index in [9.17, 15) is 9.59 Å². The second-order valence-corrected chi connectivity index (χ2v) is 3.78. The summed E-state index contributed by atoms with van der Waals surface area (Å²) in [4.78, 5) is 22.0. The highest BCUT2D eigenvalue weighted by Gasteiger charge is 2.46. The molecule has 0 aromatic rings. The van der Waals surface area contributed by atoms with Gasteiger partial charge in [-0.25, -0.2) is 0 Å². The van der Waals surface area contributed by atoms with E-state index in [-0.39, 0.29) is 17.6 Å². The van der Waals surface area contributed by atoms with Crippen LogP contribution in [0.25, 0.3) is 0 Å². The van der Waals surface area contributed by atoms with Crippen molar-refractivity contribution >= 4 is 11.7 Å².